The van der Waals surface area contributed by atoms with Gasteiger partial charge in [-0.2, -0.15) is 0 Å². The van der Waals surface area contributed by atoms with Crippen molar-refractivity contribution in [1.29, 1.82) is 0 Å². The second kappa shape index (κ2) is 5.14. The summed E-state index contributed by atoms with van der Waals surface area (Å²) in [5.74, 6) is 1.09. The van der Waals surface area contributed by atoms with Crippen LogP contribution in [0, 0.1) is 0 Å². The highest BCUT2D eigenvalue weighted by atomic mass is 35.5. The van der Waals surface area contributed by atoms with Crippen LogP contribution in [0.2, 0.25) is 0 Å². The van der Waals surface area contributed by atoms with E-state index in [1.165, 1.54) is 5.52 Å². The fourth-order valence-corrected chi connectivity index (χ4v) is 1.80. The number of aromatic nitrogens is 2. The monoisotopic (exact) mass is 225 g/mol. The summed E-state index contributed by atoms with van der Waals surface area (Å²) in [6, 6.07) is 8.21. The molecule has 0 unspecified atom stereocenters. The molecular formula is C11H16ClN3. The number of nitrogens with zero attached hydrogens (tertiary/aromatic N) is 2. The first kappa shape index (κ1) is 12.0. The molecule has 1 heterocycles. The lowest BCUT2D eigenvalue weighted by Gasteiger charge is -2.03. The summed E-state index contributed by atoms with van der Waals surface area (Å²) < 4.78 is 2.22. The van der Waals surface area contributed by atoms with Gasteiger partial charge in [0.15, 0.2) is 0 Å². The fraction of sp³-hybridized carbons (Fsp3) is 0.364. The molecule has 82 valence electrons. The van der Waals surface area contributed by atoms with E-state index in [1.807, 2.05) is 18.2 Å². The first-order valence-electron chi connectivity index (χ1n) is 5.01. The molecule has 0 radical (unpaired) electrons. The van der Waals surface area contributed by atoms with Crippen LogP contribution in [0.3, 0.4) is 0 Å². The Morgan fingerprint density at radius 2 is 2.07 bits per heavy atom. The number of para-hydroxylation sites is 2. The third kappa shape index (κ3) is 2.13. The van der Waals surface area contributed by atoms with Crippen molar-refractivity contribution in [3.05, 3.63) is 30.1 Å². The molecular weight excluding hydrogens is 210 g/mol. The van der Waals surface area contributed by atoms with Gasteiger partial charge in [0, 0.05) is 13.0 Å². The summed E-state index contributed by atoms with van der Waals surface area (Å²) in [6.45, 7) is 3.74. The highest BCUT2D eigenvalue weighted by Gasteiger charge is 2.06. The summed E-state index contributed by atoms with van der Waals surface area (Å²) in [7, 11) is 0. The van der Waals surface area contributed by atoms with Crippen LogP contribution in [0.15, 0.2) is 24.3 Å². The van der Waals surface area contributed by atoms with Crippen molar-refractivity contribution < 1.29 is 0 Å². The van der Waals surface area contributed by atoms with E-state index in [9.17, 15) is 0 Å². The molecule has 0 saturated carbocycles. The third-order valence-electron chi connectivity index (χ3n) is 2.42. The van der Waals surface area contributed by atoms with Gasteiger partial charge < -0.3 is 10.3 Å². The zero-order valence-corrected chi connectivity index (χ0v) is 9.63. The SMILES string of the molecule is CCn1c(CCN)nc2ccccc21.Cl. The molecule has 0 bridgehead atoms. The van der Waals surface area contributed by atoms with E-state index in [1.54, 1.807) is 0 Å². The molecule has 2 aromatic rings. The average Bonchev–Trinajstić information content (AvgIpc) is 2.55. The van der Waals surface area contributed by atoms with Gasteiger partial charge in [-0.25, -0.2) is 4.98 Å². The van der Waals surface area contributed by atoms with Crippen LogP contribution in [0.1, 0.15) is 12.7 Å². The number of fused-ring (bicyclic) bond motifs is 1. The Bertz CT molecular complexity index is 436. The van der Waals surface area contributed by atoms with Crippen molar-refractivity contribution in [1.82, 2.24) is 9.55 Å². The van der Waals surface area contributed by atoms with Crippen LogP contribution in [0.4, 0.5) is 0 Å². The second-order valence-electron chi connectivity index (χ2n) is 3.30. The molecule has 0 spiro atoms. The van der Waals surface area contributed by atoms with Gasteiger partial charge in [0.05, 0.1) is 11.0 Å². The predicted octanol–water partition coefficient (Wildman–Crippen LogP) is 1.98. The Labute approximate surface area is 95.7 Å². The number of halogens is 1. The lowest BCUT2D eigenvalue weighted by molar-refractivity contribution is 0.711. The number of nitrogens with two attached hydrogens (primary N) is 1. The maximum atomic E-state index is 5.55. The summed E-state index contributed by atoms with van der Waals surface area (Å²) >= 11 is 0. The lowest BCUT2D eigenvalue weighted by atomic mass is 10.3. The maximum absolute atomic E-state index is 5.55. The second-order valence-corrected chi connectivity index (χ2v) is 3.30. The summed E-state index contributed by atoms with van der Waals surface area (Å²) in [5.41, 5.74) is 7.83. The number of rotatable bonds is 3. The molecule has 15 heavy (non-hydrogen) atoms. The molecule has 0 aliphatic heterocycles. The molecule has 1 aromatic heterocycles. The Morgan fingerprint density at radius 3 is 2.73 bits per heavy atom. The average molecular weight is 226 g/mol. The lowest BCUT2D eigenvalue weighted by Crippen LogP contribution is -2.09. The minimum Gasteiger partial charge on any atom is -0.330 e. The Kier molecular flexibility index (Phi) is 4.12. The highest BCUT2D eigenvalue weighted by Crippen LogP contribution is 2.15. The van der Waals surface area contributed by atoms with Crippen LogP contribution in [0.5, 0.6) is 0 Å². The maximum Gasteiger partial charge on any atom is 0.111 e. The van der Waals surface area contributed by atoms with Crippen molar-refractivity contribution in [3.8, 4) is 0 Å². The molecule has 0 atom stereocenters. The zero-order valence-electron chi connectivity index (χ0n) is 8.81. The van der Waals surface area contributed by atoms with E-state index >= 15 is 0 Å². The molecule has 2 rings (SSSR count). The minimum atomic E-state index is 0. The van der Waals surface area contributed by atoms with Gasteiger partial charge in [0.25, 0.3) is 0 Å². The molecule has 0 saturated heterocycles. The predicted molar refractivity (Wildman–Crippen MR) is 65.4 cm³/mol. The molecule has 3 nitrogen and oxygen atoms in total. The van der Waals surface area contributed by atoms with Crippen molar-refractivity contribution in [2.24, 2.45) is 5.73 Å². The molecule has 0 aliphatic rings. The van der Waals surface area contributed by atoms with E-state index in [2.05, 4.69) is 22.5 Å². The van der Waals surface area contributed by atoms with Crippen LogP contribution < -0.4 is 5.73 Å². The first-order valence-corrected chi connectivity index (χ1v) is 5.01. The van der Waals surface area contributed by atoms with E-state index < -0.39 is 0 Å². The zero-order chi connectivity index (χ0) is 9.97. The molecule has 0 aliphatic carbocycles. The highest BCUT2D eigenvalue weighted by molar-refractivity contribution is 5.85. The van der Waals surface area contributed by atoms with Crippen LogP contribution >= 0.6 is 12.4 Å². The standard InChI is InChI=1S/C11H15N3.ClH/c1-2-14-10-6-4-3-5-9(10)13-11(14)7-8-12;/h3-6H,2,7-8,12H2,1H3;1H. The molecule has 0 fully saturated rings. The largest absolute Gasteiger partial charge is 0.330 e. The topological polar surface area (TPSA) is 43.8 Å². The van der Waals surface area contributed by atoms with Gasteiger partial charge in [0.2, 0.25) is 0 Å². The van der Waals surface area contributed by atoms with Gasteiger partial charge in [-0.3, -0.25) is 0 Å². The van der Waals surface area contributed by atoms with Crippen LogP contribution in [-0.4, -0.2) is 16.1 Å². The van der Waals surface area contributed by atoms with Gasteiger partial charge in [-0.05, 0) is 25.6 Å². The van der Waals surface area contributed by atoms with Gasteiger partial charge in [-0.15, -0.1) is 12.4 Å². The molecule has 2 N–H and O–H groups in total. The minimum absolute atomic E-state index is 0. The van der Waals surface area contributed by atoms with E-state index in [-0.39, 0.29) is 12.4 Å². The third-order valence-corrected chi connectivity index (χ3v) is 2.42. The Morgan fingerprint density at radius 1 is 1.33 bits per heavy atom. The van der Waals surface area contributed by atoms with Crippen molar-refractivity contribution in [2.75, 3.05) is 6.54 Å². The summed E-state index contributed by atoms with van der Waals surface area (Å²) in [6.07, 6.45) is 0.850. The quantitative estimate of drug-likeness (QED) is 0.868. The first-order chi connectivity index (χ1) is 6.86. The van der Waals surface area contributed by atoms with Crippen LogP contribution in [0.25, 0.3) is 11.0 Å². The number of aryl methyl sites for hydroxylation is 1. The number of benzene rings is 1. The van der Waals surface area contributed by atoms with Crippen LogP contribution in [-0.2, 0) is 13.0 Å². The molecule has 4 heteroatoms. The normalized spacial score (nSPS) is 10.3. The Balaban J connectivity index is 0.00000112. The van der Waals surface area contributed by atoms with E-state index in [0.717, 1.165) is 24.3 Å². The van der Waals surface area contributed by atoms with E-state index in [0.29, 0.717) is 6.54 Å². The van der Waals surface area contributed by atoms with Gasteiger partial charge >= 0.3 is 0 Å². The number of hydrogen-bond donors (Lipinski definition) is 1. The summed E-state index contributed by atoms with van der Waals surface area (Å²) in [4.78, 5) is 4.56. The fourth-order valence-electron chi connectivity index (χ4n) is 1.80. The smallest absolute Gasteiger partial charge is 0.111 e. The van der Waals surface area contributed by atoms with Crippen molar-refractivity contribution in [2.45, 2.75) is 19.9 Å². The molecule has 1 aromatic carbocycles. The molecule has 0 amide bonds. The Hall–Kier alpha value is -1.06. The number of hydrogen-bond acceptors (Lipinski definition) is 2. The van der Waals surface area contributed by atoms with Gasteiger partial charge in [-0.1, -0.05) is 12.1 Å². The van der Waals surface area contributed by atoms with Crippen molar-refractivity contribution >= 4 is 23.4 Å². The van der Waals surface area contributed by atoms with E-state index in [4.69, 9.17) is 5.73 Å². The summed E-state index contributed by atoms with van der Waals surface area (Å²) in [5, 5.41) is 0. The van der Waals surface area contributed by atoms with Gasteiger partial charge in [0.1, 0.15) is 5.82 Å². The number of imidazole rings is 1. The van der Waals surface area contributed by atoms with Crippen molar-refractivity contribution in [3.63, 3.8) is 0 Å².